The number of hydrogen-bond acceptors (Lipinski definition) is 3. The average molecular weight is 245 g/mol. The molecular formula is C13H15N3O2. The molecule has 3 rings (SSSR count). The van der Waals surface area contributed by atoms with Gasteiger partial charge in [-0.05, 0) is 37.5 Å². The van der Waals surface area contributed by atoms with Gasteiger partial charge in [0.15, 0.2) is 0 Å². The molecule has 0 spiro atoms. The van der Waals surface area contributed by atoms with Crippen LogP contribution in [-0.4, -0.2) is 16.0 Å². The third kappa shape index (κ3) is 1.51. The van der Waals surface area contributed by atoms with Crippen molar-refractivity contribution in [1.82, 2.24) is 9.97 Å². The standard InChI is InChI=1S/C13H15N3O2/c1-7(14)13(4-5-13)8-2-3-9-10(6-8)16-12(18)11(17)15-9/h2-3,6-7H,4-5,14H2,1H3,(H,15,17)(H,16,18). The van der Waals surface area contributed by atoms with Crippen LogP contribution < -0.4 is 16.9 Å². The van der Waals surface area contributed by atoms with Crippen molar-refractivity contribution < 1.29 is 0 Å². The molecule has 0 radical (unpaired) electrons. The Bertz CT molecular complexity index is 723. The fourth-order valence-corrected chi connectivity index (χ4v) is 2.57. The number of fused-ring (bicyclic) bond motifs is 1. The van der Waals surface area contributed by atoms with Gasteiger partial charge in [0.05, 0.1) is 11.0 Å². The van der Waals surface area contributed by atoms with Gasteiger partial charge in [0, 0.05) is 11.5 Å². The maximum atomic E-state index is 11.3. The lowest BCUT2D eigenvalue weighted by molar-refractivity contribution is 0.557. The van der Waals surface area contributed by atoms with Gasteiger partial charge in [-0.1, -0.05) is 6.07 Å². The van der Waals surface area contributed by atoms with Crippen LogP contribution in [0.15, 0.2) is 27.8 Å². The van der Waals surface area contributed by atoms with Crippen LogP contribution in [0.4, 0.5) is 0 Å². The molecule has 1 saturated carbocycles. The van der Waals surface area contributed by atoms with E-state index in [1.165, 1.54) is 0 Å². The third-order valence-corrected chi connectivity index (χ3v) is 3.96. The van der Waals surface area contributed by atoms with E-state index >= 15 is 0 Å². The molecule has 94 valence electrons. The lowest BCUT2D eigenvalue weighted by Gasteiger charge is -2.20. The summed E-state index contributed by atoms with van der Waals surface area (Å²) in [6.45, 7) is 2.01. The summed E-state index contributed by atoms with van der Waals surface area (Å²) < 4.78 is 0. The number of benzene rings is 1. The molecular weight excluding hydrogens is 230 g/mol. The Morgan fingerprint density at radius 3 is 2.33 bits per heavy atom. The molecule has 0 aliphatic heterocycles. The second kappa shape index (κ2) is 3.55. The Morgan fingerprint density at radius 2 is 1.78 bits per heavy atom. The number of aromatic nitrogens is 2. The van der Waals surface area contributed by atoms with Crippen LogP contribution in [0, 0.1) is 0 Å². The maximum absolute atomic E-state index is 11.3. The Hall–Kier alpha value is -1.88. The van der Waals surface area contributed by atoms with Gasteiger partial charge < -0.3 is 15.7 Å². The summed E-state index contributed by atoms with van der Waals surface area (Å²) in [7, 11) is 0. The molecule has 1 aliphatic carbocycles. The summed E-state index contributed by atoms with van der Waals surface area (Å²) in [5.41, 5.74) is 7.27. The molecule has 5 nitrogen and oxygen atoms in total. The second-order valence-corrected chi connectivity index (χ2v) is 5.11. The van der Waals surface area contributed by atoms with E-state index in [-0.39, 0.29) is 11.5 Å². The predicted octanol–water partition coefficient (Wildman–Crippen LogP) is 0.595. The predicted molar refractivity (Wildman–Crippen MR) is 69.8 cm³/mol. The lowest BCUT2D eigenvalue weighted by atomic mass is 9.89. The smallest absolute Gasteiger partial charge is 0.314 e. The molecule has 1 atom stereocenters. The quantitative estimate of drug-likeness (QED) is 0.676. The molecule has 1 aromatic carbocycles. The second-order valence-electron chi connectivity index (χ2n) is 5.11. The fourth-order valence-electron chi connectivity index (χ4n) is 2.57. The summed E-state index contributed by atoms with van der Waals surface area (Å²) in [4.78, 5) is 27.7. The Balaban J connectivity index is 2.20. The van der Waals surface area contributed by atoms with E-state index in [0.717, 1.165) is 18.4 Å². The van der Waals surface area contributed by atoms with Gasteiger partial charge in [0.1, 0.15) is 0 Å². The van der Waals surface area contributed by atoms with E-state index in [1.54, 1.807) is 0 Å². The Labute approximate surface area is 103 Å². The van der Waals surface area contributed by atoms with Crippen molar-refractivity contribution in [3.63, 3.8) is 0 Å². The van der Waals surface area contributed by atoms with E-state index in [1.807, 2.05) is 25.1 Å². The molecule has 0 amide bonds. The van der Waals surface area contributed by atoms with E-state index in [2.05, 4.69) is 9.97 Å². The van der Waals surface area contributed by atoms with Gasteiger partial charge in [0.25, 0.3) is 0 Å². The molecule has 5 heteroatoms. The highest BCUT2D eigenvalue weighted by atomic mass is 16.2. The fraction of sp³-hybridized carbons (Fsp3) is 0.385. The molecule has 1 fully saturated rings. The van der Waals surface area contributed by atoms with E-state index in [0.29, 0.717) is 11.0 Å². The van der Waals surface area contributed by atoms with E-state index in [4.69, 9.17) is 5.73 Å². The SMILES string of the molecule is CC(N)C1(c2ccc3[nH]c(=O)c(=O)[nH]c3c2)CC1. The highest BCUT2D eigenvalue weighted by molar-refractivity contribution is 5.75. The average Bonchev–Trinajstić information content (AvgIpc) is 3.11. The van der Waals surface area contributed by atoms with Crippen LogP contribution in [-0.2, 0) is 5.41 Å². The van der Waals surface area contributed by atoms with Crippen molar-refractivity contribution in [1.29, 1.82) is 0 Å². The van der Waals surface area contributed by atoms with Crippen molar-refractivity contribution in [2.45, 2.75) is 31.2 Å². The topological polar surface area (TPSA) is 91.7 Å². The monoisotopic (exact) mass is 245 g/mol. The van der Waals surface area contributed by atoms with Crippen LogP contribution in [0.5, 0.6) is 0 Å². The zero-order valence-electron chi connectivity index (χ0n) is 10.1. The van der Waals surface area contributed by atoms with Crippen molar-refractivity contribution in [3.05, 3.63) is 44.5 Å². The lowest BCUT2D eigenvalue weighted by Crippen LogP contribution is -2.32. The molecule has 4 N–H and O–H groups in total. The highest BCUT2D eigenvalue weighted by Gasteiger charge is 2.47. The molecule has 2 aromatic rings. The molecule has 1 aromatic heterocycles. The maximum Gasteiger partial charge on any atom is 0.314 e. The minimum absolute atomic E-state index is 0.0429. The van der Waals surface area contributed by atoms with E-state index < -0.39 is 11.1 Å². The first-order chi connectivity index (χ1) is 8.53. The zero-order valence-corrected chi connectivity index (χ0v) is 10.1. The number of nitrogens with one attached hydrogen (secondary N) is 2. The van der Waals surface area contributed by atoms with Crippen molar-refractivity contribution >= 4 is 11.0 Å². The van der Waals surface area contributed by atoms with Crippen molar-refractivity contribution in [2.75, 3.05) is 0 Å². The molecule has 18 heavy (non-hydrogen) atoms. The zero-order chi connectivity index (χ0) is 12.9. The Morgan fingerprint density at radius 1 is 1.17 bits per heavy atom. The minimum atomic E-state index is -0.622. The highest BCUT2D eigenvalue weighted by Crippen LogP contribution is 2.50. The first-order valence-corrected chi connectivity index (χ1v) is 6.05. The van der Waals surface area contributed by atoms with E-state index in [9.17, 15) is 9.59 Å². The minimum Gasteiger partial charge on any atom is -0.327 e. The number of nitrogens with two attached hydrogens (primary N) is 1. The van der Waals surface area contributed by atoms with Gasteiger partial charge in [-0.2, -0.15) is 0 Å². The van der Waals surface area contributed by atoms with Gasteiger partial charge in [-0.15, -0.1) is 0 Å². The molecule has 0 bridgehead atoms. The summed E-state index contributed by atoms with van der Waals surface area (Å²) in [6, 6.07) is 5.81. The van der Waals surface area contributed by atoms with Crippen LogP contribution >= 0.6 is 0 Å². The largest absolute Gasteiger partial charge is 0.327 e. The van der Waals surface area contributed by atoms with Crippen LogP contribution in [0.3, 0.4) is 0 Å². The van der Waals surface area contributed by atoms with Crippen LogP contribution in [0.2, 0.25) is 0 Å². The first-order valence-electron chi connectivity index (χ1n) is 6.05. The summed E-state index contributed by atoms with van der Waals surface area (Å²) >= 11 is 0. The molecule has 0 saturated heterocycles. The van der Waals surface area contributed by atoms with Crippen LogP contribution in [0.25, 0.3) is 11.0 Å². The van der Waals surface area contributed by atoms with Gasteiger partial charge in [-0.3, -0.25) is 9.59 Å². The number of hydrogen-bond donors (Lipinski definition) is 3. The summed E-state index contributed by atoms with van der Waals surface area (Å²) in [5, 5.41) is 0. The van der Waals surface area contributed by atoms with Gasteiger partial charge >= 0.3 is 11.1 Å². The molecule has 1 unspecified atom stereocenters. The van der Waals surface area contributed by atoms with Crippen LogP contribution in [0.1, 0.15) is 25.3 Å². The molecule has 1 heterocycles. The third-order valence-electron chi connectivity index (χ3n) is 3.96. The number of aromatic amines is 2. The first kappa shape index (κ1) is 11.2. The van der Waals surface area contributed by atoms with Gasteiger partial charge in [0.2, 0.25) is 0 Å². The summed E-state index contributed by atoms with van der Waals surface area (Å²) in [5.74, 6) is 0. The Kier molecular flexibility index (Phi) is 2.22. The number of rotatable bonds is 2. The molecule has 1 aliphatic rings. The summed E-state index contributed by atoms with van der Waals surface area (Å²) in [6.07, 6.45) is 2.15. The van der Waals surface area contributed by atoms with Crippen molar-refractivity contribution in [2.24, 2.45) is 5.73 Å². The normalized spacial score (nSPS) is 18.8. The van der Waals surface area contributed by atoms with Gasteiger partial charge in [-0.25, -0.2) is 0 Å². The van der Waals surface area contributed by atoms with Crippen molar-refractivity contribution in [3.8, 4) is 0 Å². The number of H-pyrrole nitrogens is 2.